The van der Waals surface area contributed by atoms with Crippen molar-refractivity contribution in [3.05, 3.63) is 60.7 Å². The van der Waals surface area contributed by atoms with E-state index in [-0.39, 0.29) is 16.0 Å². The van der Waals surface area contributed by atoms with E-state index in [4.69, 9.17) is 0 Å². The molecule has 0 saturated carbocycles. The van der Waals surface area contributed by atoms with E-state index in [1.807, 2.05) is 69.3 Å². The highest BCUT2D eigenvalue weighted by Gasteiger charge is 2.37. The molecule has 1 saturated heterocycles. The van der Waals surface area contributed by atoms with Crippen molar-refractivity contribution in [2.24, 2.45) is 7.05 Å². The Labute approximate surface area is 210 Å². The molecule has 0 radical (unpaired) electrons. The van der Waals surface area contributed by atoms with Crippen LogP contribution in [0.3, 0.4) is 0 Å². The average Bonchev–Trinajstić information content (AvgIpc) is 3.42. The summed E-state index contributed by atoms with van der Waals surface area (Å²) < 4.78 is 29.3. The molecule has 1 N–H and O–H groups in total. The zero-order valence-electron chi connectivity index (χ0n) is 20.8. The second-order valence-corrected chi connectivity index (χ2v) is 12.2. The van der Waals surface area contributed by atoms with Gasteiger partial charge in [-0.25, -0.2) is 13.2 Å². The zero-order chi connectivity index (χ0) is 25.8. The molecule has 2 heterocycles. The molecule has 1 fully saturated rings. The lowest BCUT2D eigenvalue weighted by Crippen LogP contribution is -2.52. The van der Waals surface area contributed by atoms with Gasteiger partial charge in [-0.3, -0.25) is 9.58 Å². The molecule has 5 rings (SSSR count). The third-order valence-corrected chi connectivity index (χ3v) is 8.66. The Hall–Kier alpha value is -3.59. The molecule has 0 unspecified atom stereocenters. The molecule has 4 aromatic rings. The molecule has 1 aliphatic rings. The van der Waals surface area contributed by atoms with Gasteiger partial charge in [-0.1, -0.05) is 36.4 Å². The predicted octanol–water partition coefficient (Wildman–Crippen LogP) is 4.92. The van der Waals surface area contributed by atoms with Crippen molar-refractivity contribution in [1.29, 1.82) is 0 Å². The van der Waals surface area contributed by atoms with E-state index in [0.717, 1.165) is 16.6 Å². The third kappa shape index (κ3) is 3.97. The van der Waals surface area contributed by atoms with Crippen molar-refractivity contribution < 1.29 is 18.3 Å². The van der Waals surface area contributed by atoms with E-state index in [2.05, 4.69) is 10.00 Å². The lowest BCUT2D eigenvalue weighted by atomic mass is 10.0. The van der Waals surface area contributed by atoms with E-state index in [1.165, 1.54) is 4.90 Å². The van der Waals surface area contributed by atoms with Crippen LogP contribution in [0.1, 0.15) is 27.2 Å². The fraction of sp³-hybridized carbons (Fsp3) is 0.333. The molecule has 188 valence electrons. The molecule has 8 nitrogen and oxygen atoms in total. The Morgan fingerprint density at radius 3 is 2.50 bits per heavy atom. The lowest BCUT2D eigenvalue weighted by molar-refractivity contribution is 0.0763. The molecular weight excluding hydrogens is 476 g/mol. The molecular formula is C27H30N4O4S. The van der Waals surface area contributed by atoms with E-state index >= 15 is 0 Å². The van der Waals surface area contributed by atoms with Crippen molar-refractivity contribution in [2.75, 3.05) is 18.0 Å². The topological polar surface area (TPSA) is 95.7 Å². The van der Waals surface area contributed by atoms with Gasteiger partial charge in [-0.15, -0.1) is 0 Å². The zero-order valence-corrected chi connectivity index (χ0v) is 21.7. The van der Waals surface area contributed by atoms with Crippen LogP contribution in [0.25, 0.3) is 21.7 Å². The summed E-state index contributed by atoms with van der Waals surface area (Å²) >= 11 is 0. The molecule has 36 heavy (non-hydrogen) atoms. The van der Waals surface area contributed by atoms with E-state index in [1.54, 1.807) is 23.9 Å². The number of anilines is 1. The number of hydrogen-bond donors (Lipinski definition) is 1. The largest absolute Gasteiger partial charge is 0.465 e. The van der Waals surface area contributed by atoms with Gasteiger partial charge in [-0.05, 0) is 56.8 Å². The molecule has 0 spiro atoms. The van der Waals surface area contributed by atoms with Gasteiger partial charge in [0, 0.05) is 42.1 Å². The first kappa shape index (κ1) is 24.1. The number of amides is 1. The fourth-order valence-corrected chi connectivity index (χ4v) is 6.95. The molecule has 0 aliphatic carbocycles. The van der Waals surface area contributed by atoms with Crippen LogP contribution < -0.4 is 4.90 Å². The Balaban J connectivity index is 1.56. The van der Waals surface area contributed by atoms with Gasteiger partial charge in [-0.2, -0.15) is 5.10 Å². The molecule has 3 aromatic carbocycles. The maximum atomic E-state index is 13.9. The number of sulfone groups is 1. The summed E-state index contributed by atoms with van der Waals surface area (Å²) in [5.74, 6) is 0. The number of hydrogen-bond acceptors (Lipinski definition) is 5. The van der Waals surface area contributed by atoms with Gasteiger partial charge in [0.2, 0.25) is 9.84 Å². The van der Waals surface area contributed by atoms with E-state index < -0.39 is 21.5 Å². The maximum absolute atomic E-state index is 13.9. The summed E-state index contributed by atoms with van der Waals surface area (Å²) in [6, 6.07) is 18.2. The van der Waals surface area contributed by atoms with Gasteiger partial charge in [0.05, 0.1) is 16.5 Å². The second-order valence-electron chi connectivity index (χ2n) is 10.3. The minimum atomic E-state index is -3.90. The first-order chi connectivity index (χ1) is 17.0. The van der Waals surface area contributed by atoms with Gasteiger partial charge in [0.25, 0.3) is 0 Å². The number of nitrogens with zero attached hydrogens (tertiary/aromatic N) is 4. The molecule has 1 atom stereocenters. The number of rotatable bonds is 4. The Bertz CT molecular complexity index is 1580. The van der Waals surface area contributed by atoms with Crippen molar-refractivity contribution in [3.63, 3.8) is 0 Å². The van der Waals surface area contributed by atoms with Crippen LogP contribution in [-0.2, 0) is 16.9 Å². The van der Waals surface area contributed by atoms with Gasteiger partial charge < -0.3 is 10.0 Å². The molecule has 1 amide bonds. The summed E-state index contributed by atoms with van der Waals surface area (Å²) in [5, 5.41) is 16.3. The number of fused-ring (bicyclic) bond motifs is 2. The van der Waals surface area contributed by atoms with Crippen LogP contribution in [0, 0.1) is 0 Å². The lowest BCUT2D eigenvalue weighted by Gasteiger charge is -2.38. The van der Waals surface area contributed by atoms with Gasteiger partial charge in [0.1, 0.15) is 0 Å². The highest BCUT2D eigenvalue weighted by atomic mass is 32.2. The number of aromatic nitrogens is 2. The van der Waals surface area contributed by atoms with E-state index in [0.29, 0.717) is 30.3 Å². The number of carboxylic acid groups (broad SMARTS) is 1. The maximum Gasteiger partial charge on any atom is 0.408 e. The summed E-state index contributed by atoms with van der Waals surface area (Å²) in [7, 11) is -2.16. The number of aryl methyl sites for hydroxylation is 1. The summed E-state index contributed by atoms with van der Waals surface area (Å²) in [4.78, 5) is 15.8. The highest BCUT2D eigenvalue weighted by molar-refractivity contribution is 7.91. The quantitative estimate of drug-likeness (QED) is 0.422. The van der Waals surface area contributed by atoms with Crippen molar-refractivity contribution in [1.82, 2.24) is 14.7 Å². The van der Waals surface area contributed by atoms with Crippen LogP contribution >= 0.6 is 0 Å². The summed E-state index contributed by atoms with van der Waals surface area (Å²) in [6.45, 7) is 6.92. The van der Waals surface area contributed by atoms with E-state index in [9.17, 15) is 18.3 Å². The first-order valence-electron chi connectivity index (χ1n) is 12.0. The Morgan fingerprint density at radius 2 is 1.78 bits per heavy atom. The van der Waals surface area contributed by atoms with Crippen LogP contribution in [0.15, 0.2) is 70.6 Å². The van der Waals surface area contributed by atoms with Crippen LogP contribution in [0.5, 0.6) is 0 Å². The van der Waals surface area contributed by atoms with Crippen molar-refractivity contribution >= 4 is 43.3 Å². The number of carbonyl (C=O) groups is 1. The normalized spacial score (nSPS) is 16.7. The van der Waals surface area contributed by atoms with Crippen LogP contribution in [0.2, 0.25) is 0 Å². The average molecular weight is 507 g/mol. The van der Waals surface area contributed by atoms with Crippen molar-refractivity contribution in [3.8, 4) is 0 Å². The van der Waals surface area contributed by atoms with Gasteiger partial charge in [0.15, 0.2) is 5.03 Å². The second kappa shape index (κ2) is 8.51. The minimum Gasteiger partial charge on any atom is -0.465 e. The predicted molar refractivity (Wildman–Crippen MR) is 140 cm³/mol. The SMILES string of the molecule is Cn1nc(S(=O)(=O)c2cccc3ccccc23)c2cc(N3CC[C@@H](N(C(=O)O)C(C)(C)C)C3)ccc21. The first-order valence-corrected chi connectivity index (χ1v) is 13.4. The standard InChI is InChI=1S/C27H30N4O4S/c1-27(2,3)31(26(32)33)20-14-15-30(17-20)19-12-13-23-22(16-19)25(28-29(23)4)36(34,35)24-11-7-9-18-8-5-6-10-21(18)24/h5-13,16,20H,14-15,17H2,1-4H3,(H,32,33)/t20-/m1/s1. The Kier molecular flexibility index (Phi) is 5.70. The molecule has 9 heteroatoms. The summed E-state index contributed by atoms with van der Waals surface area (Å²) in [5.41, 5.74) is 1.06. The molecule has 1 aromatic heterocycles. The highest BCUT2D eigenvalue weighted by Crippen LogP contribution is 2.35. The number of benzene rings is 3. The smallest absolute Gasteiger partial charge is 0.408 e. The molecule has 0 bridgehead atoms. The Morgan fingerprint density at radius 1 is 1.06 bits per heavy atom. The van der Waals surface area contributed by atoms with Crippen molar-refractivity contribution in [2.45, 2.75) is 48.7 Å². The third-order valence-electron chi connectivity index (χ3n) is 6.92. The monoisotopic (exact) mass is 506 g/mol. The van der Waals surface area contributed by atoms with Gasteiger partial charge >= 0.3 is 6.09 Å². The summed E-state index contributed by atoms with van der Waals surface area (Å²) in [6.07, 6.45) is -0.226. The minimum absolute atomic E-state index is 0.0239. The van der Waals surface area contributed by atoms with Crippen LogP contribution in [-0.4, -0.2) is 59.0 Å². The fourth-order valence-electron chi connectivity index (χ4n) is 5.33. The van der Waals surface area contributed by atoms with Crippen LogP contribution in [0.4, 0.5) is 10.5 Å². The molecule has 1 aliphatic heterocycles.